The third kappa shape index (κ3) is 3.96. The molecule has 132 valence electrons. The molecule has 1 unspecified atom stereocenters. The van der Waals surface area contributed by atoms with E-state index in [1.54, 1.807) is 11.9 Å². The maximum absolute atomic E-state index is 12.3. The Morgan fingerprint density at radius 2 is 1.92 bits per heavy atom. The average Bonchev–Trinajstić information content (AvgIpc) is 2.96. The molecule has 0 radical (unpaired) electrons. The molecule has 0 bridgehead atoms. The second kappa shape index (κ2) is 6.79. The smallest absolute Gasteiger partial charge is 0.258 e. The van der Waals surface area contributed by atoms with Gasteiger partial charge in [-0.1, -0.05) is 18.2 Å². The molecule has 1 N–H and O–H groups in total. The van der Waals surface area contributed by atoms with Gasteiger partial charge in [0, 0.05) is 31.2 Å². The summed E-state index contributed by atoms with van der Waals surface area (Å²) < 4.78 is 23.2. The summed E-state index contributed by atoms with van der Waals surface area (Å²) in [7, 11) is -1.20. The van der Waals surface area contributed by atoms with Gasteiger partial charge < -0.3 is 10.2 Å². The van der Waals surface area contributed by atoms with E-state index < -0.39 is 9.84 Å². The van der Waals surface area contributed by atoms with Crippen molar-refractivity contribution in [2.75, 3.05) is 28.8 Å². The predicted molar refractivity (Wildman–Crippen MR) is 96.6 cm³/mol. The van der Waals surface area contributed by atoms with Gasteiger partial charge in [-0.25, -0.2) is 18.4 Å². The lowest BCUT2D eigenvalue weighted by molar-refractivity contribution is 0.102. The SMILES string of the molecule is Cc1ccccc1NC(=O)c1cnc(N(C)C2CCS(=O)(=O)C2)nc1. The Labute approximate surface area is 147 Å². The number of aryl methyl sites for hydroxylation is 1. The molecular formula is C17H20N4O3S. The van der Waals surface area contributed by atoms with E-state index in [1.807, 2.05) is 31.2 Å². The number of carbonyl (C=O) groups excluding carboxylic acids is 1. The highest BCUT2D eigenvalue weighted by molar-refractivity contribution is 7.91. The highest BCUT2D eigenvalue weighted by Gasteiger charge is 2.31. The van der Waals surface area contributed by atoms with E-state index in [2.05, 4.69) is 15.3 Å². The summed E-state index contributed by atoms with van der Waals surface area (Å²) in [5, 5.41) is 2.83. The Balaban J connectivity index is 1.69. The number of amides is 1. The van der Waals surface area contributed by atoms with Crippen molar-refractivity contribution in [2.45, 2.75) is 19.4 Å². The van der Waals surface area contributed by atoms with Crippen LogP contribution < -0.4 is 10.2 Å². The van der Waals surface area contributed by atoms with E-state index in [9.17, 15) is 13.2 Å². The van der Waals surface area contributed by atoms with Gasteiger partial charge in [-0.3, -0.25) is 4.79 Å². The van der Waals surface area contributed by atoms with Gasteiger partial charge in [-0.15, -0.1) is 0 Å². The van der Waals surface area contributed by atoms with E-state index in [-0.39, 0.29) is 23.5 Å². The van der Waals surface area contributed by atoms with Crippen LogP contribution in [0, 0.1) is 6.92 Å². The van der Waals surface area contributed by atoms with Crippen LogP contribution in [0.5, 0.6) is 0 Å². The van der Waals surface area contributed by atoms with Crippen molar-refractivity contribution in [3.8, 4) is 0 Å². The quantitative estimate of drug-likeness (QED) is 0.891. The third-order valence-corrected chi connectivity index (χ3v) is 6.12. The summed E-state index contributed by atoms with van der Waals surface area (Å²) in [6, 6.07) is 7.38. The third-order valence-electron chi connectivity index (χ3n) is 4.37. The van der Waals surface area contributed by atoms with Gasteiger partial charge in [0.2, 0.25) is 5.95 Å². The van der Waals surface area contributed by atoms with Crippen LogP contribution in [0.4, 0.5) is 11.6 Å². The van der Waals surface area contributed by atoms with Crippen molar-refractivity contribution >= 4 is 27.4 Å². The van der Waals surface area contributed by atoms with E-state index in [1.165, 1.54) is 12.4 Å². The second-order valence-electron chi connectivity index (χ2n) is 6.21. The molecular weight excluding hydrogens is 340 g/mol. The number of carbonyl (C=O) groups is 1. The number of nitrogens with zero attached hydrogens (tertiary/aromatic N) is 3. The first-order valence-corrected chi connectivity index (χ1v) is 9.80. The molecule has 1 fully saturated rings. The maximum atomic E-state index is 12.3. The summed E-state index contributed by atoms with van der Waals surface area (Å²) in [5.74, 6) is 0.433. The van der Waals surface area contributed by atoms with Crippen LogP contribution in [0.15, 0.2) is 36.7 Å². The molecule has 1 aromatic heterocycles. The molecule has 2 aromatic rings. The van der Waals surface area contributed by atoms with E-state index in [0.29, 0.717) is 17.9 Å². The molecule has 1 atom stereocenters. The highest BCUT2D eigenvalue weighted by Crippen LogP contribution is 2.20. The first-order valence-electron chi connectivity index (χ1n) is 7.98. The van der Waals surface area contributed by atoms with Crippen LogP contribution in [0.2, 0.25) is 0 Å². The average molecular weight is 360 g/mol. The fraction of sp³-hybridized carbons (Fsp3) is 0.353. The molecule has 25 heavy (non-hydrogen) atoms. The molecule has 1 saturated heterocycles. The zero-order valence-electron chi connectivity index (χ0n) is 14.1. The minimum absolute atomic E-state index is 0.113. The number of hydrogen-bond donors (Lipinski definition) is 1. The molecule has 1 aromatic carbocycles. The van der Waals surface area contributed by atoms with Gasteiger partial charge in [0.1, 0.15) is 0 Å². The van der Waals surface area contributed by atoms with Crippen LogP contribution in [-0.2, 0) is 9.84 Å². The van der Waals surface area contributed by atoms with Crippen molar-refractivity contribution < 1.29 is 13.2 Å². The summed E-state index contributed by atoms with van der Waals surface area (Å²) in [5.41, 5.74) is 2.06. The van der Waals surface area contributed by atoms with E-state index in [4.69, 9.17) is 0 Å². The topological polar surface area (TPSA) is 92.3 Å². The number of hydrogen-bond acceptors (Lipinski definition) is 6. The minimum Gasteiger partial charge on any atom is -0.340 e. The maximum Gasteiger partial charge on any atom is 0.258 e. The lowest BCUT2D eigenvalue weighted by Gasteiger charge is -2.23. The fourth-order valence-electron chi connectivity index (χ4n) is 2.77. The number of sulfone groups is 1. The molecule has 0 saturated carbocycles. The standard InChI is InChI=1S/C17H20N4O3S/c1-12-5-3-4-6-15(12)20-16(22)13-9-18-17(19-10-13)21(2)14-7-8-25(23,24)11-14/h3-6,9-10,14H,7-8,11H2,1-2H3,(H,20,22). The number of benzene rings is 1. The summed E-state index contributed by atoms with van der Waals surface area (Å²) in [6.45, 7) is 1.92. The monoisotopic (exact) mass is 360 g/mol. The lowest BCUT2D eigenvalue weighted by atomic mass is 10.2. The summed E-state index contributed by atoms with van der Waals surface area (Å²) >= 11 is 0. The largest absolute Gasteiger partial charge is 0.340 e. The molecule has 0 aliphatic carbocycles. The van der Waals surface area contributed by atoms with E-state index >= 15 is 0 Å². The molecule has 1 amide bonds. The fourth-order valence-corrected chi connectivity index (χ4v) is 4.55. The second-order valence-corrected chi connectivity index (χ2v) is 8.44. The molecule has 2 heterocycles. The van der Waals surface area contributed by atoms with Gasteiger partial charge >= 0.3 is 0 Å². The number of aromatic nitrogens is 2. The number of nitrogens with one attached hydrogen (secondary N) is 1. The minimum atomic E-state index is -2.97. The predicted octanol–water partition coefficient (Wildman–Crippen LogP) is 1.66. The zero-order chi connectivity index (χ0) is 18.0. The van der Waals surface area contributed by atoms with Gasteiger partial charge in [0.15, 0.2) is 9.84 Å². The lowest BCUT2D eigenvalue weighted by Crippen LogP contribution is -2.34. The van der Waals surface area contributed by atoms with Crippen molar-refractivity contribution in [1.82, 2.24) is 9.97 Å². The number of anilines is 2. The molecule has 7 nitrogen and oxygen atoms in total. The Bertz CT molecular complexity index is 881. The molecule has 1 aliphatic heterocycles. The normalized spacial score (nSPS) is 18.7. The van der Waals surface area contributed by atoms with Gasteiger partial charge in [-0.05, 0) is 25.0 Å². The van der Waals surface area contributed by atoms with Crippen LogP contribution in [-0.4, -0.2) is 48.9 Å². The van der Waals surface area contributed by atoms with Crippen LogP contribution in [0.3, 0.4) is 0 Å². The Morgan fingerprint density at radius 3 is 2.52 bits per heavy atom. The van der Waals surface area contributed by atoms with Crippen LogP contribution in [0.25, 0.3) is 0 Å². The first-order chi connectivity index (χ1) is 11.9. The summed E-state index contributed by atoms with van der Waals surface area (Å²) in [6.07, 6.45) is 3.48. The van der Waals surface area contributed by atoms with Gasteiger partial charge in [0.25, 0.3) is 5.91 Å². The highest BCUT2D eigenvalue weighted by atomic mass is 32.2. The van der Waals surface area contributed by atoms with Crippen molar-refractivity contribution in [3.05, 3.63) is 47.8 Å². The van der Waals surface area contributed by atoms with E-state index in [0.717, 1.165) is 11.3 Å². The van der Waals surface area contributed by atoms with Crippen molar-refractivity contribution in [2.24, 2.45) is 0 Å². The van der Waals surface area contributed by atoms with Crippen LogP contribution >= 0.6 is 0 Å². The van der Waals surface area contributed by atoms with Crippen molar-refractivity contribution in [1.29, 1.82) is 0 Å². The van der Waals surface area contributed by atoms with Crippen molar-refractivity contribution in [3.63, 3.8) is 0 Å². The Morgan fingerprint density at radius 1 is 1.24 bits per heavy atom. The summed E-state index contributed by atoms with van der Waals surface area (Å²) in [4.78, 5) is 22.5. The number of para-hydroxylation sites is 1. The Hall–Kier alpha value is -2.48. The molecule has 0 spiro atoms. The van der Waals surface area contributed by atoms with Gasteiger partial charge in [0.05, 0.1) is 17.1 Å². The Kier molecular flexibility index (Phi) is 4.71. The molecule has 3 rings (SSSR count). The van der Waals surface area contributed by atoms with Gasteiger partial charge in [-0.2, -0.15) is 0 Å². The molecule has 8 heteroatoms. The first kappa shape index (κ1) is 17.3. The van der Waals surface area contributed by atoms with Crippen LogP contribution in [0.1, 0.15) is 22.3 Å². The molecule has 1 aliphatic rings. The zero-order valence-corrected chi connectivity index (χ0v) is 15.0. The number of rotatable bonds is 4.